The first kappa shape index (κ1) is 53.1. The molecule has 4 aromatic rings. The van der Waals surface area contributed by atoms with Crippen LogP contribution in [0.4, 0.5) is 0 Å². The number of rotatable bonds is 27. The number of quaternary nitrogens is 1. The number of nitrogens with zero attached hydrogens (tertiary/aromatic N) is 1. The first-order valence-corrected chi connectivity index (χ1v) is 30.1. The second-order valence-corrected chi connectivity index (χ2v) is 30.3. The van der Waals surface area contributed by atoms with Crippen molar-refractivity contribution in [3.8, 4) is 0 Å². The number of piperidine rings is 1. The summed E-state index contributed by atoms with van der Waals surface area (Å²) < 4.78 is 6.58. The quantitative estimate of drug-likeness (QED) is 0.0280. The predicted octanol–water partition coefficient (Wildman–Crippen LogP) is 13.4. The lowest BCUT2D eigenvalue weighted by Crippen LogP contribution is -2.65. The lowest BCUT2D eigenvalue weighted by molar-refractivity contribution is -0.917. The van der Waals surface area contributed by atoms with Gasteiger partial charge in [-0.15, -0.1) is 0 Å². The Hall–Kier alpha value is -2.87. The van der Waals surface area contributed by atoms with Gasteiger partial charge in [0, 0.05) is 30.3 Å². The summed E-state index contributed by atoms with van der Waals surface area (Å²) in [5.74, 6) is -0.0880. The highest BCUT2D eigenvalue weighted by Gasteiger charge is 2.46. The highest BCUT2D eigenvalue weighted by Crippen LogP contribution is 2.60. The minimum absolute atomic E-state index is 0.0880. The maximum absolute atomic E-state index is 12.1. The molecule has 1 aliphatic heterocycles. The van der Waals surface area contributed by atoms with Crippen molar-refractivity contribution in [1.29, 1.82) is 0 Å². The Bertz CT molecular complexity index is 1850. The van der Waals surface area contributed by atoms with E-state index in [2.05, 4.69) is 168 Å². The van der Waals surface area contributed by atoms with Crippen molar-refractivity contribution in [3.05, 3.63) is 121 Å². The molecule has 1 aliphatic rings. The van der Waals surface area contributed by atoms with Crippen LogP contribution in [0.3, 0.4) is 0 Å². The summed E-state index contributed by atoms with van der Waals surface area (Å²) in [6.45, 7) is 17.2. The highest BCUT2D eigenvalue weighted by molar-refractivity contribution is 7.90. The van der Waals surface area contributed by atoms with Crippen LogP contribution in [-0.4, -0.2) is 79.5 Å². The Balaban J connectivity index is 1.24. The third-order valence-electron chi connectivity index (χ3n) is 14.5. The van der Waals surface area contributed by atoms with E-state index in [-0.39, 0.29) is 17.0 Å². The number of benzene rings is 4. The zero-order valence-corrected chi connectivity index (χ0v) is 44.4. The van der Waals surface area contributed by atoms with Crippen molar-refractivity contribution in [1.82, 2.24) is 5.32 Å². The van der Waals surface area contributed by atoms with Gasteiger partial charge in [0.1, 0.15) is 0 Å². The van der Waals surface area contributed by atoms with Gasteiger partial charge in [0.25, 0.3) is 0 Å². The van der Waals surface area contributed by atoms with Gasteiger partial charge in [-0.2, -0.15) is 0 Å². The van der Waals surface area contributed by atoms with Crippen LogP contribution in [0.2, 0.25) is 0 Å². The normalized spacial score (nSPS) is 15.8. The maximum atomic E-state index is 12.1. The molecule has 1 fully saturated rings. The molecule has 5 rings (SSSR count). The van der Waals surface area contributed by atoms with E-state index in [1.165, 1.54) is 115 Å². The van der Waals surface area contributed by atoms with Crippen molar-refractivity contribution < 1.29 is 14.0 Å². The van der Waals surface area contributed by atoms with Crippen LogP contribution in [0.25, 0.3) is 0 Å². The zero-order chi connectivity index (χ0) is 46.9. The second kappa shape index (κ2) is 24.9. The predicted molar refractivity (Wildman–Crippen MR) is 289 cm³/mol. The molecule has 0 aliphatic carbocycles. The van der Waals surface area contributed by atoms with Crippen LogP contribution in [0.15, 0.2) is 121 Å². The number of esters is 1. The Morgan fingerprint density at radius 2 is 0.831 bits per heavy atom. The smallest absolute Gasteiger partial charge is 0.311 e. The fraction of sp³-hybridized carbons (Fsp3) is 0.576. The molecule has 6 heteroatoms. The molecule has 4 aromatic carbocycles. The number of hydrogen-bond acceptors (Lipinski definition) is 3. The van der Waals surface area contributed by atoms with Crippen LogP contribution in [0, 0.1) is 5.41 Å². The third kappa shape index (κ3) is 16.1. The lowest BCUT2D eigenvalue weighted by Gasteiger charge is -2.51. The van der Waals surface area contributed by atoms with Crippen LogP contribution in [0.1, 0.15) is 145 Å². The first-order valence-electron chi connectivity index (χ1n) is 25.7. The number of carbonyl (C=O) groups excluding carboxylic acids is 1. The summed E-state index contributed by atoms with van der Waals surface area (Å²) in [4.78, 5) is 12.1. The number of ether oxygens (including phenoxy) is 1. The van der Waals surface area contributed by atoms with Crippen LogP contribution in [0.5, 0.6) is 0 Å². The summed E-state index contributed by atoms with van der Waals surface area (Å²) in [7, 11) is 1.72. The molecule has 4 nitrogen and oxygen atoms in total. The number of hydrogen-bond donors (Lipinski definition) is 1. The number of carbonyl (C=O) groups is 1. The standard InChI is InChI=1S/C59H91N2O2P2/c1-57(2,3)56(62)63-44-30-15-13-11-10-12-14-16-31-45-64(52-35-21-17-22-36-52,53-37-23-18-24-38-53)47-33-34-48-65(54-39-25-19-26-40-54,55-41-27-20-28-42-55)46-32-29-43-61(8,9)51-49-58(4,5)60-59(6,7)50-51/h17-28,35-42,51,60H,10-16,29-34,43-50H2,1-9H3/q+3. The topological polar surface area (TPSA) is 38.3 Å². The molecular weight excluding hydrogens is 831 g/mol. The molecule has 1 saturated heterocycles. The Morgan fingerprint density at radius 3 is 1.18 bits per heavy atom. The van der Waals surface area contributed by atoms with E-state index in [1.807, 2.05) is 20.8 Å². The molecule has 0 bridgehead atoms. The summed E-state index contributed by atoms with van der Waals surface area (Å²) in [6.07, 6.45) is 23.8. The SMILES string of the molecule is CC1(C)CC([N+](C)(C)CCCC[P+](CCCC[P+](CCCCCCCCCCCOC(=O)C(C)(C)C)(c2ccccc2)c2ccccc2)(c2ccccc2)c2ccccc2)CC(C)(C)N1. The third-order valence-corrected chi connectivity index (χ3v) is 24.0. The van der Waals surface area contributed by atoms with Gasteiger partial charge in [0.15, 0.2) is 0 Å². The summed E-state index contributed by atoms with van der Waals surface area (Å²) in [6, 6.07) is 47.6. The molecule has 0 radical (unpaired) electrons. The van der Waals surface area contributed by atoms with Crippen molar-refractivity contribution in [2.45, 2.75) is 162 Å². The number of unbranched alkanes of at least 4 members (excludes halogenated alkanes) is 10. The largest absolute Gasteiger partial charge is 0.465 e. The Labute approximate surface area is 399 Å². The molecule has 0 atom stereocenters. The fourth-order valence-electron chi connectivity index (χ4n) is 11.1. The molecule has 0 amide bonds. The second-order valence-electron chi connectivity index (χ2n) is 22.6. The minimum Gasteiger partial charge on any atom is -0.465 e. The molecular formula is C59H91N2O2P2+3. The molecule has 0 aromatic heterocycles. The van der Waals surface area contributed by atoms with Crippen molar-refractivity contribution >= 4 is 41.7 Å². The first-order chi connectivity index (χ1) is 31.0. The maximum Gasteiger partial charge on any atom is 0.311 e. The van der Waals surface area contributed by atoms with E-state index in [4.69, 9.17) is 4.74 Å². The molecule has 1 N–H and O–H groups in total. The van der Waals surface area contributed by atoms with Gasteiger partial charge in [-0.05, 0) is 136 Å². The van der Waals surface area contributed by atoms with Gasteiger partial charge in [-0.1, -0.05) is 111 Å². The zero-order valence-electron chi connectivity index (χ0n) is 42.6. The van der Waals surface area contributed by atoms with Gasteiger partial charge in [-0.3, -0.25) is 4.79 Å². The van der Waals surface area contributed by atoms with Crippen molar-refractivity contribution in [2.24, 2.45) is 5.41 Å². The van der Waals surface area contributed by atoms with Crippen LogP contribution < -0.4 is 26.5 Å². The van der Waals surface area contributed by atoms with E-state index in [9.17, 15) is 4.79 Å². The van der Waals surface area contributed by atoms with Gasteiger partial charge >= 0.3 is 5.97 Å². The molecule has 65 heavy (non-hydrogen) atoms. The minimum atomic E-state index is -1.67. The lowest BCUT2D eigenvalue weighted by atomic mass is 9.78. The van der Waals surface area contributed by atoms with E-state index in [0.29, 0.717) is 12.6 Å². The van der Waals surface area contributed by atoms with Crippen molar-refractivity contribution in [3.63, 3.8) is 0 Å². The average molecular weight is 922 g/mol. The van der Waals surface area contributed by atoms with E-state index >= 15 is 0 Å². The van der Waals surface area contributed by atoms with Crippen molar-refractivity contribution in [2.75, 3.05) is 51.9 Å². The van der Waals surface area contributed by atoms with Gasteiger partial charge in [0.2, 0.25) is 0 Å². The summed E-state index contributed by atoms with van der Waals surface area (Å²) >= 11 is 0. The molecule has 0 saturated carbocycles. The van der Waals surface area contributed by atoms with E-state index in [0.717, 1.165) is 17.3 Å². The number of nitrogens with one attached hydrogen (secondary N) is 1. The Morgan fingerprint density at radius 1 is 0.523 bits per heavy atom. The van der Waals surface area contributed by atoms with E-state index < -0.39 is 19.9 Å². The van der Waals surface area contributed by atoms with Gasteiger partial charge in [0.05, 0.1) is 99.1 Å². The average Bonchev–Trinajstić information content (AvgIpc) is 3.28. The van der Waals surface area contributed by atoms with Gasteiger partial charge < -0.3 is 14.5 Å². The van der Waals surface area contributed by atoms with Crippen LogP contribution >= 0.6 is 14.5 Å². The Kier molecular flexibility index (Phi) is 20.4. The van der Waals surface area contributed by atoms with Gasteiger partial charge in [-0.25, -0.2) is 0 Å². The monoisotopic (exact) mass is 922 g/mol. The summed E-state index contributed by atoms with van der Waals surface area (Å²) in [5.41, 5.74) is -0.0831. The van der Waals surface area contributed by atoms with Crippen LogP contribution in [-0.2, 0) is 9.53 Å². The highest BCUT2D eigenvalue weighted by atomic mass is 31.2. The fourth-order valence-corrected chi connectivity index (χ4v) is 20.3. The molecule has 1 heterocycles. The molecule has 0 spiro atoms. The molecule has 356 valence electrons. The van der Waals surface area contributed by atoms with E-state index in [1.54, 1.807) is 21.2 Å². The summed E-state index contributed by atoms with van der Waals surface area (Å²) in [5, 5.41) is 10.3. The molecule has 0 unspecified atom stereocenters.